The second-order valence-corrected chi connectivity index (χ2v) is 6.42. The number of hydrogen-bond donors (Lipinski definition) is 2. The summed E-state index contributed by atoms with van der Waals surface area (Å²) in [6, 6.07) is 20.6. The van der Waals surface area contributed by atoms with Crippen LogP contribution in [0.4, 0.5) is 0 Å². The van der Waals surface area contributed by atoms with E-state index < -0.39 is 6.10 Å². The Morgan fingerprint density at radius 3 is 2.62 bits per heavy atom. The molecule has 0 saturated heterocycles. The van der Waals surface area contributed by atoms with Crippen molar-refractivity contribution in [3.63, 3.8) is 0 Å². The second-order valence-electron chi connectivity index (χ2n) is 6.42. The van der Waals surface area contributed by atoms with E-state index in [1.807, 2.05) is 43.3 Å². The van der Waals surface area contributed by atoms with Gasteiger partial charge in [0.25, 0.3) is 0 Å². The van der Waals surface area contributed by atoms with Crippen molar-refractivity contribution < 1.29 is 19.1 Å². The van der Waals surface area contributed by atoms with Gasteiger partial charge < -0.3 is 14.3 Å². The molecular formula is C23H24N2O4. The fourth-order valence-corrected chi connectivity index (χ4v) is 2.79. The molecule has 0 radical (unpaired) electrons. The van der Waals surface area contributed by atoms with E-state index >= 15 is 0 Å². The number of aliphatic hydroxyl groups is 1. The molecule has 1 atom stereocenters. The maximum Gasteiger partial charge on any atom is 0.240 e. The van der Waals surface area contributed by atoms with Crippen molar-refractivity contribution in [2.75, 3.05) is 6.61 Å². The van der Waals surface area contributed by atoms with E-state index in [9.17, 15) is 9.90 Å². The van der Waals surface area contributed by atoms with Crippen LogP contribution >= 0.6 is 0 Å². The van der Waals surface area contributed by atoms with Gasteiger partial charge in [-0.15, -0.1) is 0 Å². The molecule has 0 aliphatic carbocycles. The highest BCUT2D eigenvalue weighted by atomic mass is 16.5. The van der Waals surface area contributed by atoms with Crippen molar-refractivity contribution in [1.29, 1.82) is 0 Å². The zero-order chi connectivity index (χ0) is 20.5. The van der Waals surface area contributed by atoms with E-state index in [0.29, 0.717) is 18.8 Å². The summed E-state index contributed by atoms with van der Waals surface area (Å²) >= 11 is 0. The SMILES string of the molecule is CCOc1ccc([C@H](O)CCC(=O)N/N=C\c2ccc(-c3ccccc3)o2)cc1. The Kier molecular flexibility index (Phi) is 7.19. The van der Waals surface area contributed by atoms with Gasteiger partial charge in [0, 0.05) is 12.0 Å². The molecule has 1 aromatic heterocycles. The third-order valence-corrected chi connectivity index (χ3v) is 4.29. The van der Waals surface area contributed by atoms with E-state index in [0.717, 1.165) is 22.6 Å². The van der Waals surface area contributed by atoms with E-state index in [1.165, 1.54) is 6.21 Å². The van der Waals surface area contributed by atoms with Gasteiger partial charge >= 0.3 is 0 Å². The number of nitrogens with zero attached hydrogens (tertiary/aromatic N) is 1. The lowest BCUT2D eigenvalue weighted by Gasteiger charge is -2.11. The van der Waals surface area contributed by atoms with Gasteiger partial charge in [0.2, 0.25) is 5.91 Å². The molecule has 0 saturated carbocycles. The van der Waals surface area contributed by atoms with Crippen LogP contribution in [0.1, 0.15) is 37.2 Å². The topological polar surface area (TPSA) is 84.1 Å². The Labute approximate surface area is 169 Å². The fraction of sp³-hybridized carbons (Fsp3) is 0.217. The Bertz CT molecular complexity index is 933. The molecule has 2 N–H and O–H groups in total. The van der Waals surface area contributed by atoms with Gasteiger partial charge in [0.05, 0.1) is 18.9 Å². The minimum atomic E-state index is -0.723. The predicted octanol–water partition coefficient (Wildman–Crippen LogP) is 4.31. The highest BCUT2D eigenvalue weighted by molar-refractivity contribution is 5.81. The Morgan fingerprint density at radius 2 is 1.90 bits per heavy atom. The summed E-state index contributed by atoms with van der Waals surface area (Å²) < 4.78 is 11.1. The molecule has 6 nitrogen and oxygen atoms in total. The minimum Gasteiger partial charge on any atom is -0.494 e. The van der Waals surface area contributed by atoms with Crippen LogP contribution in [0.15, 0.2) is 76.2 Å². The summed E-state index contributed by atoms with van der Waals surface area (Å²) in [5.74, 6) is 1.75. The lowest BCUT2D eigenvalue weighted by molar-refractivity contribution is -0.121. The number of rotatable bonds is 9. The number of amides is 1. The molecule has 0 fully saturated rings. The molecular weight excluding hydrogens is 368 g/mol. The Balaban J connectivity index is 1.44. The summed E-state index contributed by atoms with van der Waals surface area (Å²) in [6.45, 7) is 2.51. The molecule has 3 rings (SSSR count). The molecule has 0 aliphatic rings. The van der Waals surface area contributed by atoms with Gasteiger partial charge in [-0.05, 0) is 43.2 Å². The molecule has 0 bridgehead atoms. The average Bonchev–Trinajstić information content (AvgIpc) is 3.22. The first-order valence-electron chi connectivity index (χ1n) is 9.53. The average molecular weight is 392 g/mol. The zero-order valence-corrected chi connectivity index (χ0v) is 16.2. The summed E-state index contributed by atoms with van der Waals surface area (Å²) in [7, 11) is 0. The molecule has 1 heterocycles. The molecule has 0 unspecified atom stereocenters. The lowest BCUT2D eigenvalue weighted by atomic mass is 10.0. The maximum atomic E-state index is 11.9. The molecule has 150 valence electrons. The molecule has 2 aromatic carbocycles. The molecule has 1 amide bonds. The number of ether oxygens (including phenoxy) is 1. The van der Waals surface area contributed by atoms with Crippen molar-refractivity contribution >= 4 is 12.1 Å². The van der Waals surface area contributed by atoms with Gasteiger partial charge in [0.15, 0.2) is 0 Å². The van der Waals surface area contributed by atoms with Gasteiger partial charge in [-0.3, -0.25) is 4.79 Å². The summed E-state index contributed by atoms with van der Waals surface area (Å²) in [4.78, 5) is 11.9. The quantitative estimate of drug-likeness (QED) is 0.420. The van der Waals surface area contributed by atoms with Crippen LogP contribution < -0.4 is 10.2 Å². The van der Waals surface area contributed by atoms with Crippen molar-refractivity contribution in [3.8, 4) is 17.1 Å². The molecule has 29 heavy (non-hydrogen) atoms. The molecule has 3 aromatic rings. The van der Waals surface area contributed by atoms with Gasteiger partial charge in [-0.2, -0.15) is 5.10 Å². The van der Waals surface area contributed by atoms with Crippen molar-refractivity contribution in [1.82, 2.24) is 5.43 Å². The second kappa shape index (κ2) is 10.2. The van der Waals surface area contributed by atoms with Gasteiger partial charge in [-0.1, -0.05) is 42.5 Å². The minimum absolute atomic E-state index is 0.152. The Morgan fingerprint density at radius 1 is 1.14 bits per heavy atom. The third kappa shape index (κ3) is 6.05. The number of carbonyl (C=O) groups excluding carboxylic acids is 1. The lowest BCUT2D eigenvalue weighted by Crippen LogP contribution is -2.18. The Hall–Kier alpha value is -3.38. The van der Waals surface area contributed by atoms with Crippen LogP contribution in [0, 0.1) is 0 Å². The maximum absolute atomic E-state index is 11.9. The molecule has 6 heteroatoms. The smallest absolute Gasteiger partial charge is 0.240 e. The largest absolute Gasteiger partial charge is 0.494 e. The van der Waals surface area contributed by atoms with E-state index in [1.54, 1.807) is 30.3 Å². The molecule has 0 aliphatic heterocycles. The molecule has 0 spiro atoms. The van der Waals surface area contributed by atoms with Crippen molar-refractivity contribution in [2.45, 2.75) is 25.9 Å². The standard InChI is InChI=1S/C23H24N2O4/c1-2-28-19-10-8-17(9-11-19)21(26)13-15-23(27)25-24-16-20-12-14-22(29-20)18-6-4-3-5-7-18/h3-12,14,16,21,26H,2,13,15H2,1H3,(H,25,27)/b24-16-/t21-/m1/s1. The highest BCUT2D eigenvalue weighted by Crippen LogP contribution is 2.22. The highest BCUT2D eigenvalue weighted by Gasteiger charge is 2.10. The first-order valence-corrected chi connectivity index (χ1v) is 9.53. The number of hydrazone groups is 1. The van der Waals surface area contributed by atoms with Crippen LogP contribution in [0.2, 0.25) is 0 Å². The summed E-state index contributed by atoms with van der Waals surface area (Å²) in [5.41, 5.74) is 4.17. The summed E-state index contributed by atoms with van der Waals surface area (Å²) in [6.07, 6.45) is 1.18. The van der Waals surface area contributed by atoms with Crippen LogP contribution in [-0.2, 0) is 4.79 Å². The predicted molar refractivity (Wildman–Crippen MR) is 112 cm³/mol. The van der Waals surface area contributed by atoms with Crippen LogP contribution in [0.25, 0.3) is 11.3 Å². The van der Waals surface area contributed by atoms with E-state index in [4.69, 9.17) is 9.15 Å². The first kappa shape index (κ1) is 20.4. The number of furan rings is 1. The number of hydrogen-bond acceptors (Lipinski definition) is 5. The third-order valence-electron chi connectivity index (χ3n) is 4.29. The van der Waals surface area contributed by atoms with E-state index in [2.05, 4.69) is 10.5 Å². The number of carbonyl (C=O) groups is 1. The van der Waals surface area contributed by atoms with Crippen LogP contribution in [0.3, 0.4) is 0 Å². The van der Waals surface area contributed by atoms with Crippen LogP contribution in [-0.4, -0.2) is 23.8 Å². The van der Waals surface area contributed by atoms with Crippen molar-refractivity contribution in [2.24, 2.45) is 5.10 Å². The number of benzene rings is 2. The zero-order valence-electron chi connectivity index (χ0n) is 16.2. The van der Waals surface area contributed by atoms with Gasteiger partial charge in [0.1, 0.15) is 17.3 Å². The number of nitrogens with one attached hydrogen (secondary N) is 1. The normalized spacial score (nSPS) is 12.1. The van der Waals surface area contributed by atoms with E-state index in [-0.39, 0.29) is 12.3 Å². The van der Waals surface area contributed by atoms with Crippen molar-refractivity contribution in [3.05, 3.63) is 78.1 Å². The monoisotopic (exact) mass is 392 g/mol. The van der Waals surface area contributed by atoms with Gasteiger partial charge in [-0.25, -0.2) is 5.43 Å². The fourth-order valence-electron chi connectivity index (χ4n) is 2.79. The number of aliphatic hydroxyl groups excluding tert-OH is 1. The summed E-state index contributed by atoms with van der Waals surface area (Å²) in [5, 5.41) is 14.1. The van der Waals surface area contributed by atoms with Crippen LogP contribution in [0.5, 0.6) is 5.75 Å². The first-order chi connectivity index (χ1) is 14.2.